The number of piperazine rings is 1. The van der Waals surface area contributed by atoms with E-state index in [1.165, 1.54) is 42.4 Å². The standard InChI is InChI=1S/C31H31FN6O4S/c1-2-22-23(32)6-5-18-11-21(39)12-24(25(18)22)42-30-34-26-27(37-13-19-15-40-16-20(14-37)33-19)35-29(36-28(26)43-30)41-17-31-7-3-9-38(31)10-4-8-31/h1,5-6,11-12,19-20,33,39H,3-4,7-10,13-17H2. The second-order valence-electron chi connectivity index (χ2n) is 11.9. The van der Waals surface area contributed by atoms with Crippen LogP contribution in [0.1, 0.15) is 31.2 Å². The molecular formula is C31H31FN6O4S. The third-order valence-corrected chi connectivity index (χ3v) is 9.96. The Morgan fingerprint density at radius 1 is 1.14 bits per heavy atom. The van der Waals surface area contributed by atoms with Crippen LogP contribution in [-0.4, -0.2) is 88.6 Å². The summed E-state index contributed by atoms with van der Waals surface area (Å²) < 4.78 is 33.0. The lowest BCUT2D eigenvalue weighted by molar-refractivity contribution is 0.0374. The molecule has 2 bridgehead atoms. The van der Waals surface area contributed by atoms with Gasteiger partial charge in [0.1, 0.15) is 29.4 Å². The van der Waals surface area contributed by atoms with E-state index in [4.69, 9.17) is 35.6 Å². The van der Waals surface area contributed by atoms with Gasteiger partial charge in [-0.15, -0.1) is 6.42 Å². The van der Waals surface area contributed by atoms with Crippen molar-refractivity contribution in [2.24, 2.45) is 0 Å². The average Bonchev–Trinajstić information content (AvgIpc) is 3.69. The summed E-state index contributed by atoms with van der Waals surface area (Å²) in [5, 5.41) is 15.2. The molecule has 2 aromatic carbocycles. The summed E-state index contributed by atoms with van der Waals surface area (Å²) in [4.78, 5) is 19.9. The van der Waals surface area contributed by atoms with E-state index >= 15 is 0 Å². The molecule has 12 heteroatoms. The van der Waals surface area contributed by atoms with E-state index in [9.17, 15) is 9.50 Å². The summed E-state index contributed by atoms with van der Waals surface area (Å²) in [6, 6.07) is 6.46. The number of ether oxygens (including phenoxy) is 3. The van der Waals surface area contributed by atoms with Crippen molar-refractivity contribution in [1.82, 2.24) is 25.2 Å². The Kier molecular flexibility index (Phi) is 6.52. The lowest BCUT2D eigenvalue weighted by atomic mass is 9.95. The lowest BCUT2D eigenvalue weighted by Gasteiger charge is -2.42. The Hall–Kier alpha value is -3.76. The molecule has 0 aliphatic carbocycles. The molecule has 2 aromatic heterocycles. The molecule has 2 atom stereocenters. The Morgan fingerprint density at radius 2 is 1.93 bits per heavy atom. The van der Waals surface area contributed by atoms with Gasteiger partial charge in [0.2, 0.25) is 0 Å². The van der Waals surface area contributed by atoms with Gasteiger partial charge in [0, 0.05) is 36.6 Å². The van der Waals surface area contributed by atoms with Gasteiger partial charge in [-0.05, 0) is 56.3 Å². The Balaban J connectivity index is 1.18. The average molecular weight is 603 g/mol. The zero-order chi connectivity index (χ0) is 29.1. The van der Waals surface area contributed by atoms with E-state index in [1.807, 2.05) is 0 Å². The van der Waals surface area contributed by atoms with Crippen molar-refractivity contribution >= 4 is 38.3 Å². The number of nitrogens with one attached hydrogen (secondary N) is 1. The zero-order valence-corrected chi connectivity index (χ0v) is 24.3. The fourth-order valence-corrected chi connectivity index (χ4v) is 8.02. The fourth-order valence-electron chi connectivity index (χ4n) is 7.23. The van der Waals surface area contributed by atoms with Gasteiger partial charge in [0.15, 0.2) is 10.6 Å². The first-order valence-electron chi connectivity index (χ1n) is 14.7. The number of phenols is 1. The highest BCUT2D eigenvalue weighted by Crippen LogP contribution is 2.42. The number of rotatable bonds is 6. The summed E-state index contributed by atoms with van der Waals surface area (Å²) in [6.07, 6.45) is 10.3. The molecule has 8 rings (SSSR count). The zero-order valence-electron chi connectivity index (χ0n) is 23.5. The predicted molar refractivity (Wildman–Crippen MR) is 161 cm³/mol. The molecule has 4 fully saturated rings. The van der Waals surface area contributed by atoms with E-state index in [-0.39, 0.29) is 39.9 Å². The second-order valence-corrected chi connectivity index (χ2v) is 12.8. The third-order valence-electron chi connectivity index (χ3n) is 9.13. The van der Waals surface area contributed by atoms with E-state index in [1.54, 1.807) is 6.07 Å². The Morgan fingerprint density at radius 3 is 2.70 bits per heavy atom. The van der Waals surface area contributed by atoms with Gasteiger partial charge in [-0.3, -0.25) is 4.90 Å². The minimum Gasteiger partial charge on any atom is -0.508 e. The molecule has 2 unspecified atom stereocenters. The van der Waals surface area contributed by atoms with Crippen LogP contribution in [0.3, 0.4) is 0 Å². The van der Waals surface area contributed by atoms with Gasteiger partial charge in [0.25, 0.3) is 5.19 Å². The number of fused-ring (bicyclic) bond motifs is 5. The van der Waals surface area contributed by atoms with Crippen molar-refractivity contribution in [1.29, 1.82) is 0 Å². The van der Waals surface area contributed by atoms with E-state index in [0.717, 1.165) is 25.9 Å². The number of anilines is 1. The number of benzene rings is 2. The van der Waals surface area contributed by atoms with Crippen LogP contribution in [0, 0.1) is 18.2 Å². The van der Waals surface area contributed by atoms with E-state index in [0.29, 0.717) is 65.9 Å². The molecule has 0 saturated carbocycles. The molecule has 6 heterocycles. The van der Waals surface area contributed by atoms with Crippen LogP contribution in [0.2, 0.25) is 0 Å². The van der Waals surface area contributed by atoms with Crippen LogP contribution in [0.4, 0.5) is 10.2 Å². The number of aromatic hydroxyl groups is 1. The quantitative estimate of drug-likeness (QED) is 0.314. The number of hydrogen-bond donors (Lipinski definition) is 2. The molecule has 4 aliphatic heterocycles. The van der Waals surface area contributed by atoms with Crippen LogP contribution in [-0.2, 0) is 4.74 Å². The van der Waals surface area contributed by atoms with Crippen LogP contribution in [0.25, 0.3) is 21.1 Å². The molecule has 0 spiro atoms. The van der Waals surface area contributed by atoms with Crippen LogP contribution in [0.15, 0.2) is 24.3 Å². The molecule has 2 N–H and O–H groups in total. The fraction of sp³-hybridized carbons (Fsp3) is 0.452. The van der Waals surface area contributed by atoms with E-state index < -0.39 is 5.82 Å². The van der Waals surface area contributed by atoms with Gasteiger partial charge < -0.3 is 29.5 Å². The van der Waals surface area contributed by atoms with Gasteiger partial charge in [0.05, 0.1) is 24.3 Å². The topological polar surface area (TPSA) is 105 Å². The number of phenolic OH excluding ortho intramolecular Hbond substituents is 1. The van der Waals surface area contributed by atoms with Crippen molar-refractivity contribution in [3.05, 3.63) is 35.6 Å². The number of thiazole rings is 1. The van der Waals surface area contributed by atoms with Crippen molar-refractivity contribution < 1.29 is 23.7 Å². The highest BCUT2D eigenvalue weighted by Gasteiger charge is 2.45. The SMILES string of the molecule is C#Cc1c(F)ccc2cc(O)cc(Oc3nc4c(N5CC6COCC(C5)N6)nc(OCC56CCCN5CCC6)nc4s3)c12. The molecule has 222 valence electrons. The van der Waals surface area contributed by atoms with E-state index in [2.05, 4.69) is 21.0 Å². The number of halogens is 1. The van der Waals surface area contributed by atoms with Crippen molar-refractivity contribution in [3.8, 4) is 35.0 Å². The minimum absolute atomic E-state index is 0.0313. The Bertz CT molecular complexity index is 1750. The molecule has 43 heavy (non-hydrogen) atoms. The smallest absolute Gasteiger partial charge is 0.319 e. The first-order chi connectivity index (χ1) is 21.0. The largest absolute Gasteiger partial charge is 0.508 e. The number of morpholine rings is 1. The van der Waals surface area contributed by atoms with Crippen LogP contribution < -0.4 is 19.7 Å². The molecule has 4 aromatic rings. The van der Waals surface area contributed by atoms with Gasteiger partial charge in [-0.1, -0.05) is 23.3 Å². The van der Waals surface area contributed by atoms with Crippen molar-refractivity contribution in [2.45, 2.75) is 43.3 Å². The summed E-state index contributed by atoms with van der Waals surface area (Å²) >= 11 is 1.24. The second kappa shape index (κ2) is 10.4. The molecular weight excluding hydrogens is 571 g/mol. The first kappa shape index (κ1) is 26.8. The third kappa shape index (κ3) is 4.71. The predicted octanol–water partition coefficient (Wildman–Crippen LogP) is 4.04. The molecule has 4 aliphatic rings. The summed E-state index contributed by atoms with van der Waals surface area (Å²) in [6.45, 7) is 5.46. The first-order valence-corrected chi connectivity index (χ1v) is 15.5. The summed E-state index contributed by atoms with van der Waals surface area (Å²) in [5.74, 6) is 2.75. The number of nitrogens with zero attached hydrogens (tertiary/aromatic N) is 5. The Labute approximate surface area is 251 Å². The normalized spacial score (nSPS) is 23.0. The molecule has 0 radical (unpaired) electrons. The van der Waals surface area contributed by atoms with Crippen molar-refractivity contribution in [2.75, 3.05) is 50.9 Å². The van der Waals surface area contributed by atoms with Crippen LogP contribution >= 0.6 is 11.3 Å². The lowest BCUT2D eigenvalue weighted by Crippen LogP contribution is -2.63. The number of terminal acetylenes is 1. The number of hydrogen-bond acceptors (Lipinski definition) is 11. The minimum atomic E-state index is -0.541. The highest BCUT2D eigenvalue weighted by atomic mass is 32.1. The maximum absolute atomic E-state index is 14.6. The molecule has 10 nitrogen and oxygen atoms in total. The maximum Gasteiger partial charge on any atom is 0.319 e. The molecule has 0 amide bonds. The van der Waals surface area contributed by atoms with Crippen LogP contribution in [0.5, 0.6) is 22.7 Å². The van der Waals surface area contributed by atoms with Crippen molar-refractivity contribution in [3.63, 3.8) is 0 Å². The van der Waals surface area contributed by atoms with Gasteiger partial charge >= 0.3 is 6.01 Å². The summed E-state index contributed by atoms with van der Waals surface area (Å²) in [5.41, 5.74) is 0.721. The number of aromatic nitrogens is 3. The maximum atomic E-state index is 14.6. The monoisotopic (exact) mass is 602 g/mol. The van der Waals surface area contributed by atoms with Gasteiger partial charge in [-0.25, -0.2) is 4.39 Å². The highest BCUT2D eigenvalue weighted by molar-refractivity contribution is 7.19. The summed E-state index contributed by atoms with van der Waals surface area (Å²) in [7, 11) is 0. The molecule has 4 saturated heterocycles. The van der Waals surface area contributed by atoms with Gasteiger partial charge in [-0.2, -0.15) is 15.0 Å².